The van der Waals surface area contributed by atoms with Crippen molar-refractivity contribution in [2.45, 2.75) is 89.4 Å². The Morgan fingerprint density at radius 2 is 2.00 bits per heavy atom. The van der Waals surface area contributed by atoms with Crippen LogP contribution in [-0.4, -0.2) is 48.8 Å². The van der Waals surface area contributed by atoms with Gasteiger partial charge in [-0.1, -0.05) is 20.3 Å². The molecule has 3 nitrogen and oxygen atoms in total. The van der Waals surface area contributed by atoms with E-state index in [9.17, 15) is 0 Å². The molecule has 5 atom stereocenters. The minimum atomic E-state index is 0.535. The van der Waals surface area contributed by atoms with Crippen molar-refractivity contribution < 1.29 is 4.74 Å². The van der Waals surface area contributed by atoms with Gasteiger partial charge in [0.2, 0.25) is 0 Å². The van der Waals surface area contributed by atoms with Gasteiger partial charge in [-0.15, -0.1) is 0 Å². The molecular formula is C18H34N2O. The summed E-state index contributed by atoms with van der Waals surface area (Å²) in [6.07, 6.45) is 11.4. The second-order valence-corrected chi connectivity index (χ2v) is 7.36. The Kier molecular flexibility index (Phi) is 5.58. The van der Waals surface area contributed by atoms with Gasteiger partial charge in [-0.2, -0.15) is 0 Å². The number of nitrogens with one attached hydrogen (secondary N) is 1. The van der Waals surface area contributed by atoms with Crippen LogP contribution in [0.2, 0.25) is 0 Å². The number of ether oxygens (including phenoxy) is 1. The van der Waals surface area contributed by atoms with Crippen molar-refractivity contribution in [1.29, 1.82) is 0 Å². The molecule has 1 saturated heterocycles. The molecule has 0 radical (unpaired) electrons. The molecule has 0 aromatic carbocycles. The Morgan fingerprint density at radius 1 is 1.10 bits per heavy atom. The molecule has 3 aliphatic rings. The van der Waals surface area contributed by atoms with Gasteiger partial charge < -0.3 is 10.1 Å². The molecule has 3 heteroatoms. The summed E-state index contributed by atoms with van der Waals surface area (Å²) in [5.41, 5.74) is 0. The molecule has 0 bridgehead atoms. The molecule has 1 N–H and O–H groups in total. The average Bonchev–Trinajstić information content (AvgIpc) is 3.01. The molecule has 21 heavy (non-hydrogen) atoms. The minimum Gasteiger partial charge on any atom is -0.375 e. The molecule has 1 heterocycles. The van der Waals surface area contributed by atoms with Crippen LogP contribution >= 0.6 is 0 Å². The first kappa shape index (κ1) is 15.8. The second kappa shape index (κ2) is 7.43. The second-order valence-electron chi connectivity index (χ2n) is 7.36. The molecule has 5 unspecified atom stereocenters. The fourth-order valence-corrected chi connectivity index (χ4v) is 4.90. The van der Waals surface area contributed by atoms with E-state index in [2.05, 4.69) is 24.1 Å². The van der Waals surface area contributed by atoms with E-state index in [1.165, 1.54) is 57.9 Å². The van der Waals surface area contributed by atoms with Crippen molar-refractivity contribution in [2.24, 2.45) is 5.92 Å². The van der Waals surface area contributed by atoms with Crippen molar-refractivity contribution in [1.82, 2.24) is 10.2 Å². The first-order chi connectivity index (χ1) is 10.3. The zero-order valence-electron chi connectivity index (χ0n) is 14.0. The third kappa shape index (κ3) is 3.46. The molecule has 3 fully saturated rings. The van der Waals surface area contributed by atoms with Crippen LogP contribution in [0.4, 0.5) is 0 Å². The zero-order valence-corrected chi connectivity index (χ0v) is 14.0. The van der Waals surface area contributed by atoms with E-state index in [4.69, 9.17) is 4.74 Å². The van der Waals surface area contributed by atoms with Crippen molar-refractivity contribution in [3.05, 3.63) is 0 Å². The zero-order chi connectivity index (χ0) is 14.7. The van der Waals surface area contributed by atoms with Gasteiger partial charge in [0.1, 0.15) is 0 Å². The topological polar surface area (TPSA) is 24.5 Å². The van der Waals surface area contributed by atoms with Gasteiger partial charge in [0, 0.05) is 24.7 Å². The first-order valence-corrected chi connectivity index (χ1v) is 9.44. The Balaban J connectivity index is 1.70. The lowest BCUT2D eigenvalue weighted by Crippen LogP contribution is -2.60. The van der Waals surface area contributed by atoms with Crippen molar-refractivity contribution in [2.75, 3.05) is 19.7 Å². The van der Waals surface area contributed by atoms with Crippen LogP contribution in [-0.2, 0) is 4.74 Å². The van der Waals surface area contributed by atoms with E-state index in [0.29, 0.717) is 18.2 Å². The highest BCUT2D eigenvalue weighted by atomic mass is 16.5. The van der Waals surface area contributed by atoms with Crippen LogP contribution < -0.4 is 5.32 Å². The molecule has 2 saturated carbocycles. The summed E-state index contributed by atoms with van der Waals surface area (Å²) < 4.78 is 6.03. The maximum absolute atomic E-state index is 6.03. The monoisotopic (exact) mass is 294 g/mol. The number of fused-ring (bicyclic) bond motifs is 1. The van der Waals surface area contributed by atoms with Gasteiger partial charge in [-0.3, -0.25) is 4.90 Å². The molecule has 0 aromatic heterocycles. The van der Waals surface area contributed by atoms with Gasteiger partial charge in [-0.25, -0.2) is 0 Å². The largest absolute Gasteiger partial charge is 0.375 e. The van der Waals surface area contributed by atoms with Crippen LogP contribution in [0.15, 0.2) is 0 Å². The van der Waals surface area contributed by atoms with Crippen LogP contribution in [0.1, 0.15) is 65.2 Å². The van der Waals surface area contributed by atoms with Crippen LogP contribution in [0.3, 0.4) is 0 Å². The van der Waals surface area contributed by atoms with Crippen LogP contribution in [0.25, 0.3) is 0 Å². The molecule has 0 spiro atoms. The van der Waals surface area contributed by atoms with E-state index in [0.717, 1.165) is 25.1 Å². The lowest BCUT2D eigenvalue weighted by molar-refractivity contribution is -0.0850. The standard InChI is InChI=1S/C18H34N2O/c1-3-10-19-15-9-8-14(4-2)13-17(15)20-11-12-21-18-7-5-6-16(18)20/h14-19H,3-13H2,1-2H3. The summed E-state index contributed by atoms with van der Waals surface area (Å²) in [6.45, 7) is 7.94. The molecule has 0 amide bonds. The fraction of sp³-hybridized carbons (Fsp3) is 1.00. The summed E-state index contributed by atoms with van der Waals surface area (Å²) in [7, 11) is 0. The van der Waals surface area contributed by atoms with E-state index in [1.807, 2.05) is 0 Å². The van der Waals surface area contributed by atoms with Crippen molar-refractivity contribution >= 4 is 0 Å². The van der Waals surface area contributed by atoms with E-state index >= 15 is 0 Å². The Labute approximate surface area is 130 Å². The predicted molar refractivity (Wildman–Crippen MR) is 87.6 cm³/mol. The lowest BCUT2D eigenvalue weighted by Gasteiger charge is -2.48. The fourth-order valence-electron chi connectivity index (χ4n) is 4.90. The van der Waals surface area contributed by atoms with Crippen molar-refractivity contribution in [3.63, 3.8) is 0 Å². The molecular weight excluding hydrogens is 260 g/mol. The van der Waals surface area contributed by atoms with Crippen LogP contribution in [0, 0.1) is 5.92 Å². The van der Waals surface area contributed by atoms with Gasteiger partial charge in [0.25, 0.3) is 0 Å². The maximum Gasteiger partial charge on any atom is 0.0731 e. The summed E-state index contributed by atoms with van der Waals surface area (Å²) in [4.78, 5) is 2.86. The predicted octanol–water partition coefficient (Wildman–Crippen LogP) is 3.19. The molecule has 2 aliphatic carbocycles. The van der Waals surface area contributed by atoms with E-state index in [1.54, 1.807) is 0 Å². The smallest absolute Gasteiger partial charge is 0.0731 e. The number of nitrogens with zero attached hydrogens (tertiary/aromatic N) is 1. The Morgan fingerprint density at radius 3 is 2.81 bits per heavy atom. The SMILES string of the molecule is CCCNC1CCC(CC)CC1N1CCOC2CCCC21. The quantitative estimate of drug-likeness (QED) is 0.843. The molecule has 1 aliphatic heterocycles. The number of morpholine rings is 1. The highest BCUT2D eigenvalue weighted by Crippen LogP contribution is 2.37. The van der Waals surface area contributed by atoms with Gasteiger partial charge in [0.15, 0.2) is 0 Å². The average molecular weight is 294 g/mol. The van der Waals surface area contributed by atoms with E-state index < -0.39 is 0 Å². The highest BCUT2D eigenvalue weighted by Gasteiger charge is 2.43. The lowest BCUT2D eigenvalue weighted by atomic mass is 9.79. The van der Waals surface area contributed by atoms with Crippen LogP contribution in [0.5, 0.6) is 0 Å². The molecule has 3 rings (SSSR count). The number of hydrogen-bond acceptors (Lipinski definition) is 3. The number of hydrogen-bond donors (Lipinski definition) is 1. The molecule has 0 aromatic rings. The normalized spacial score (nSPS) is 41.1. The molecule has 122 valence electrons. The van der Waals surface area contributed by atoms with Gasteiger partial charge >= 0.3 is 0 Å². The van der Waals surface area contributed by atoms with Gasteiger partial charge in [-0.05, 0) is 57.4 Å². The van der Waals surface area contributed by atoms with E-state index in [-0.39, 0.29) is 0 Å². The first-order valence-electron chi connectivity index (χ1n) is 9.44. The van der Waals surface area contributed by atoms with Gasteiger partial charge in [0.05, 0.1) is 12.7 Å². The minimum absolute atomic E-state index is 0.535. The third-order valence-corrected chi connectivity index (χ3v) is 6.11. The summed E-state index contributed by atoms with van der Waals surface area (Å²) >= 11 is 0. The highest BCUT2D eigenvalue weighted by molar-refractivity contribution is 4.98. The number of rotatable bonds is 5. The Bertz CT molecular complexity index is 322. The third-order valence-electron chi connectivity index (χ3n) is 6.11. The summed E-state index contributed by atoms with van der Waals surface area (Å²) in [5, 5.41) is 3.86. The maximum atomic E-state index is 6.03. The summed E-state index contributed by atoms with van der Waals surface area (Å²) in [5.74, 6) is 0.942. The Hall–Kier alpha value is -0.120. The van der Waals surface area contributed by atoms with Crippen molar-refractivity contribution in [3.8, 4) is 0 Å². The summed E-state index contributed by atoms with van der Waals surface area (Å²) in [6, 6.07) is 2.18.